The van der Waals surface area contributed by atoms with E-state index in [1.54, 1.807) is 25.2 Å². The van der Waals surface area contributed by atoms with Gasteiger partial charge in [-0.2, -0.15) is 0 Å². The van der Waals surface area contributed by atoms with Crippen LogP contribution in [0.3, 0.4) is 0 Å². The van der Waals surface area contributed by atoms with Crippen LogP contribution in [-0.4, -0.2) is 14.2 Å². The second kappa shape index (κ2) is 5.80. The maximum atomic E-state index is 13.4. The minimum Gasteiger partial charge on any atom is -0.494 e. The van der Waals surface area contributed by atoms with Crippen LogP contribution in [0.25, 0.3) is 0 Å². The summed E-state index contributed by atoms with van der Waals surface area (Å²) in [6.45, 7) is 0. The molecule has 0 aromatic heterocycles. The van der Waals surface area contributed by atoms with E-state index in [4.69, 9.17) is 4.74 Å². The first-order chi connectivity index (χ1) is 9.15. The smallest absolute Gasteiger partial charge is 0.165 e. The molecule has 0 saturated carbocycles. The molecule has 0 bridgehead atoms. The molecule has 0 radical (unpaired) electrons. The fourth-order valence-corrected chi connectivity index (χ4v) is 2.07. The third-order valence-corrected chi connectivity index (χ3v) is 2.98. The zero-order valence-corrected chi connectivity index (χ0v) is 10.8. The van der Waals surface area contributed by atoms with Crippen molar-refractivity contribution in [1.29, 1.82) is 0 Å². The first-order valence-corrected chi connectivity index (χ1v) is 5.92. The lowest BCUT2D eigenvalue weighted by atomic mass is 9.98. The van der Waals surface area contributed by atoms with E-state index >= 15 is 0 Å². The maximum Gasteiger partial charge on any atom is 0.165 e. The molecule has 2 aromatic carbocycles. The topological polar surface area (TPSA) is 21.3 Å². The van der Waals surface area contributed by atoms with Gasteiger partial charge < -0.3 is 10.1 Å². The molecule has 2 aromatic rings. The van der Waals surface area contributed by atoms with E-state index in [0.29, 0.717) is 0 Å². The number of ether oxygens (including phenoxy) is 1. The van der Waals surface area contributed by atoms with Crippen molar-refractivity contribution in [3.05, 3.63) is 65.2 Å². The highest BCUT2D eigenvalue weighted by molar-refractivity contribution is 5.37. The molecular weight excluding hydrogens is 248 g/mol. The zero-order chi connectivity index (χ0) is 13.8. The molecule has 0 fully saturated rings. The summed E-state index contributed by atoms with van der Waals surface area (Å²) in [7, 11) is 3.18. The normalized spacial score (nSPS) is 12.2. The van der Waals surface area contributed by atoms with Crippen LogP contribution in [0.1, 0.15) is 17.2 Å². The number of nitrogens with one attached hydrogen (secondary N) is 1. The third kappa shape index (κ3) is 2.90. The second-order valence-corrected chi connectivity index (χ2v) is 4.17. The predicted molar refractivity (Wildman–Crippen MR) is 70.3 cm³/mol. The monoisotopic (exact) mass is 263 g/mol. The molecule has 0 heterocycles. The molecule has 2 rings (SSSR count). The number of hydrogen-bond acceptors (Lipinski definition) is 2. The molecule has 1 unspecified atom stereocenters. The van der Waals surface area contributed by atoms with Gasteiger partial charge >= 0.3 is 0 Å². The lowest BCUT2D eigenvalue weighted by molar-refractivity contribution is 0.385. The lowest BCUT2D eigenvalue weighted by Gasteiger charge is -2.18. The van der Waals surface area contributed by atoms with E-state index in [9.17, 15) is 8.78 Å². The van der Waals surface area contributed by atoms with Crippen LogP contribution >= 0.6 is 0 Å². The van der Waals surface area contributed by atoms with Gasteiger partial charge in [0.05, 0.1) is 13.2 Å². The summed E-state index contributed by atoms with van der Waals surface area (Å²) in [4.78, 5) is 0. The van der Waals surface area contributed by atoms with Crippen molar-refractivity contribution >= 4 is 0 Å². The summed E-state index contributed by atoms with van der Waals surface area (Å²) < 4.78 is 31.6. The fraction of sp³-hybridized carbons (Fsp3) is 0.200. The molecule has 0 spiro atoms. The summed E-state index contributed by atoms with van der Waals surface area (Å²) in [5.41, 5.74) is 1.59. The Morgan fingerprint density at radius 3 is 2.42 bits per heavy atom. The van der Waals surface area contributed by atoms with Gasteiger partial charge in [-0.3, -0.25) is 0 Å². The van der Waals surface area contributed by atoms with Crippen molar-refractivity contribution in [2.24, 2.45) is 0 Å². The molecule has 1 atom stereocenters. The van der Waals surface area contributed by atoms with Gasteiger partial charge in [0.1, 0.15) is 5.82 Å². The van der Waals surface area contributed by atoms with Crippen LogP contribution in [0.4, 0.5) is 8.78 Å². The quantitative estimate of drug-likeness (QED) is 0.914. The van der Waals surface area contributed by atoms with Gasteiger partial charge in [-0.1, -0.05) is 18.2 Å². The maximum absolute atomic E-state index is 13.4. The van der Waals surface area contributed by atoms with Crippen molar-refractivity contribution in [2.75, 3.05) is 14.2 Å². The SMILES string of the molecule is CNC(c1cccc(F)c1)c1ccc(F)c(OC)c1. The highest BCUT2D eigenvalue weighted by atomic mass is 19.1. The van der Waals surface area contributed by atoms with Crippen molar-refractivity contribution in [3.8, 4) is 5.75 Å². The van der Waals surface area contributed by atoms with E-state index in [1.807, 2.05) is 6.07 Å². The van der Waals surface area contributed by atoms with Crippen molar-refractivity contribution < 1.29 is 13.5 Å². The highest BCUT2D eigenvalue weighted by Gasteiger charge is 2.14. The van der Waals surface area contributed by atoms with Crippen LogP contribution in [0, 0.1) is 11.6 Å². The minimum absolute atomic E-state index is 0.175. The van der Waals surface area contributed by atoms with Crippen molar-refractivity contribution in [2.45, 2.75) is 6.04 Å². The number of rotatable bonds is 4. The van der Waals surface area contributed by atoms with Crippen LogP contribution in [-0.2, 0) is 0 Å². The standard InChI is InChI=1S/C15H15F2NO/c1-18-15(10-4-3-5-12(16)8-10)11-6-7-13(17)14(9-11)19-2/h3-9,15,18H,1-2H3. The van der Waals surface area contributed by atoms with Crippen LogP contribution < -0.4 is 10.1 Å². The number of halogens is 2. The Morgan fingerprint density at radius 2 is 1.79 bits per heavy atom. The van der Waals surface area contributed by atoms with Gasteiger partial charge in [0, 0.05) is 0 Å². The van der Waals surface area contributed by atoms with E-state index in [1.165, 1.54) is 25.3 Å². The fourth-order valence-electron chi connectivity index (χ4n) is 2.07. The molecule has 0 saturated heterocycles. The van der Waals surface area contributed by atoms with Crippen LogP contribution in [0.5, 0.6) is 5.75 Å². The largest absolute Gasteiger partial charge is 0.494 e. The molecule has 4 heteroatoms. The summed E-state index contributed by atoms with van der Waals surface area (Å²) in [6.07, 6.45) is 0. The van der Waals surface area contributed by atoms with Crippen LogP contribution in [0.15, 0.2) is 42.5 Å². The van der Waals surface area contributed by atoms with E-state index in [0.717, 1.165) is 11.1 Å². The molecular formula is C15H15F2NO. The Morgan fingerprint density at radius 1 is 1.05 bits per heavy atom. The van der Waals surface area contributed by atoms with Crippen LogP contribution in [0.2, 0.25) is 0 Å². The van der Waals surface area contributed by atoms with E-state index in [2.05, 4.69) is 5.32 Å². The Kier molecular flexibility index (Phi) is 4.12. The first-order valence-electron chi connectivity index (χ1n) is 5.92. The minimum atomic E-state index is -0.416. The highest BCUT2D eigenvalue weighted by Crippen LogP contribution is 2.27. The Hall–Kier alpha value is -1.94. The Bertz CT molecular complexity index is 572. The van der Waals surface area contributed by atoms with Crippen molar-refractivity contribution in [1.82, 2.24) is 5.32 Å². The number of benzene rings is 2. The Labute approximate surface area is 111 Å². The molecule has 0 aliphatic carbocycles. The first kappa shape index (κ1) is 13.5. The van der Waals surface area contributed by atoms with E-state index < -0.39 is 5.82 Å². The molecule has 19 heavy (non-hydrogen) atoms. The van der Waals surface area contributed by atoms with Gasteiger partial charge in [0.25, 0.3) is 0 Å². The van der Waals surface area contributed by atoms with Gasteiger partial charge in [-0.25, -0.2) is 8.78 Å². The van der Waals surface area contributed by atoms with Crippen molar-refractivity contribution in [3.63, 3.8) is 0 Å². The molecule has 0 amide bonds. The second-order valence-electron chi connectivity index (χ2n) is 4.17. The predicted octanol–water partition coefficient (Wildman–Crippen LogP) is 3.28. The lowest BCUT2D eigenvalue weighted by Crippen LogP contribution is -2.18. The van der Waals surface area contributed by atoms with Gasteiger partial charge in [-0.15, -0.1) is 0 Å². The number of methoxy groups -OCH3 is 1. The molecule has 2 nitrogen and oxygen atoms in total. The van der Waals surface area contributed by atoms with E-state index in [-0.39, 0.29) is 17.6 Å². The van der Waals surface area contributed by atoms with Gasteiger partial charge in [0.15, 0.2) is 11.6 Å². The summed E-state index contributed by atoms with van der Waals surface area (Å²) >= 11 is 0. The molecule has 100 valence electrons. The van der Waals surface area contributed by atoms with Gasteiger partial charge in [0.2, 0.25) is 0 Å². The average Bonchev–Trinajstić information content (AvgIpc) is 2.41. The summed E-state index contributed by atoms with van der Waals surface area (Å²) in [5.74, 6) is -0.540. The third-order valence-electron chi connectivity index (χ3n) is 2.98. The molecule has 0 aliphatic heterocycles. The Balaban J connectivity index is 2.42. The summed E-state index contributed by atoms with van der Waals surface area (Å²) in [5, 5.41) is 3.09. The average molecular weight is 263 g/mol. The molecule has 0 aliphatic rings. The zero-order valence-electron chi connectivity index (χ0n) is 10.8. The molecule has 1 N–H and O–H groups in total. The summed E-state index contributed by atoms with van der Waals surface area (Å²) in [6, 6.07) is 10.7. The number of hydrogen-bond donors (Lipinski definition) is 1. The van der Waals surface area contributed by atoms with Gasteiger partial charge in [-0.05, 0) is 42.4 Å².